The summed E-state index contributed by atoms with van der Waals surface area (Å²) < 4.78 is 13.2. The molecule has 2 N–H and O–H groups in total. The number of carbonyl (C=O) groups is 1. The molecule has 1 aromatic rings. The van der Waals surface area contributed by atoms with E-state index in [9.17, 15) is 19.4 Å². The molecule has 0 spiro atoms. The fourth-order valence-corrected chi connectivity index (χ4v) is 2.42. The molecule has 6 heteroatoms. The Balaban J connectivity index is 2.74. The van der Waals surface area contributed by atoms with Crippen LogP contribution >= 0.6 is 27.7 Å². The summed E-state index contributed by atoms with van der Waals surface area (Å²) in [5.41, 5.74) is 0.392. The van der Waals surface area contributed by atoms with Gasteiger partial charge in [-0.1, -0.05) is 33.8 Å². The van der Waals surface area contributed by atoms with Crippen LogP contribution in [-0.2, 0) is 4.79 Å². The van der Waals surface area contributed by atoms with E-state index >= 15 is 0 Å². The Morgan fingerprint density at radius 2 is 2.18 bits per heavy atom. The molecule has 0 aliphatic carbocycles. The minimum Gasteiger partial charge on any atom is -0.389 e. The second-order valence-corrected chi connectivity index (χ2v) is 5.53. The average molecular weight is 323 g/mol. The number of hydrogen-bond donors (Lipinski definition) is 2. The van der Waals surface area contributed by atoms with Crippen molar-refractivity contribution in [3.63, 3.8) is 0 Å². The van der Waals surface area contributed by atoms with E-state index in [1.165, 1.54) is 25.1 Å². The van der Waals surface area contributed by atoms with Crippen LogP contribution < -0.4 is 0 Å². The molecule has 0 radical (unpaired) electrons. The number of rotatable bonds is 4. The van der Waals surface area contributed by atoms with Crippen molar-refractivity contribution < 1.29 is 19.4 Å². The second-order valence-electron chi connectivity index (χ2n) is 3.48. The quantitative estimate of drug-likeness (QED) is 0.892. The van der Waals surface area contributed by atoms with E-state index < -0.39 is 18.0 Å². The maximum atomic E-state index is 12.8. The van der Waals surface area contributed by atoms with Crippen molar-refractivity contribution in [3.05, 3.63) is 34.1 Å². The standard InChI is InChI=1S/C11H12BrFO3S/c1-6(14)17-5-10(15)11(16)8-3-2-7(13)4-9(8)12/h2-4,10-11,15-16H,5H2,1H3. The minimum atomic E-state index is -1.16. The predicted molar refractivity (Wildman–Crippen MR) is 68.2 cm³/mol. The number of hydrogen-bond acceptors (Lipinski definition) is 4. The van der Waals surface area contributed by atoms with Crippen LogP contribution in [0.3, 0.4) is 0 Å². The van der Waals surface area contributed by atoms with Gasteiger partial charge in [-0.3, -0.25) is 4.79 Å². The Bertz CT molecular complexity index is 414. The molecule has 17 heavy (non-hydrogen) atoms. The Kier molecular flexibility index (Phi) is 5.58. The van der Waals surface area contributed by atoms with Gasteiger partial charge in [0.1, 0.15) is 11.9 Å². The molecule has 1 rings (SSSR count). The highest BCUT2D eigenvalue weighted by atomic mass is 79.9. The van der Waals surface area contributed by atoms with Crippen LogP contribution in [0.25, 0.3) is 0 Å². The molecule has 94 valence electrons. The van der Waals surface area contributed by atoms with Gasteiger partial charge in [0.25, 0.3) is 0 Å². The largest absolute Gasteiger partial charge is 0.389 e. The van der Waals surface area contributed by atoms with Gasteiger partial charge >= 0.3 is 0 Å². The van der Waals surface area contributed by atoms with Crippen LogP contribution in [0.4, 0.5) is 4.39 Å². The molecule has 2 atom stereocenters. The number of aliphatic hydroxyl groups excluding tert-OH is 2. The van der Waals surface area contributed by atoms with Gasteiger partial charge in [0.2, 0.25) is 0 Å². The Labute approximate surface area is 111 Å². The van der Waals surface area contributed by atoms with Gasteiger partial charge < -0.3 is 10.2 Å². The molecule has 0 heterocycles. The Morgan fingerprint density at radius 1 is 1.53 bits per heavy atom. The first kappa shape index (κ1) is 14.6. The smallest absolute Gasteiger partial charge is 0.185 e. The molecule has 2 unspecified atom stereocenters. The van der Waals surface area contributed by atoms with Gasteiger partial charge in [-0.15, -0.1) is 0 Å². The average Bonchev–Trinajstić information content (AvgIpc) is 2.25. The van der Waals surface area contributed by atoms with Crippen LogP contribution in [-0.4, -0.2) is 27.2 Å². The first-order chi connectivity index (χ1) is 7.91. The van der Waals surface area contributed by atoms with E-state index in [2.05, 4.69) is 15.9 Å². The SMILES string of the molecule is CC(=O)SCC(O)C(O)c1ccc(F)cc1Br. The van der Waals surface area contributed by atoms with E-state index in [0.717, 1.165) is 11.8 Å². The first-order valence-electron chi connectivity index (χ1n) is 4.86. The Morgan fingerprint density at radius 3 is 2.71 bits per heavy atom. The summed E-state index contributed by atoms with van der Waals surface area (Å²) in [6.07, 6.45) is -2.23. The molecule has 0 fully saturated rings. The van der Waals surface area contributed by atoms with Crippen molar-refractivity contribution in [1.29, 1.82) is 0 Å². The third-order valence-corrected chi connectivity index (χ3v) is 3.70. The lowest BCUT2D eigenvalue weighted by atomic mass is 10.1. The lowest BCUT2D eigenvalue weighted by Crippen LogP contribution is -2.21. The molecule has 1 aromatic carbocycles. The molecule has 0 amide bonds. The van der Waals surface area contributed by atoms with Gasteiger partial charge in [-0.05, 0) is 17.7 Å². The lowest BCUT2D eigenvalue weighted by molar-refractivity contribution is -0.109. The third-order valence-electron chi connectivity index (χ3n) is 2.10. The van der Waals surface area contributed by atoms with E-state index in [4.69, 9.17) is 0 Å². The minimum absolute atomic E-state index is 0.0975. The van der Waals surface area contributed by atoms with Gasteiger partial charge in [-0.2, -0.15) is 0 Å². The third kappa shape index (κ3) is 4.39. The summed E-state index contributed by atoms with van der Waals surface area (Å²) in [7, 11) is 0. The number of benzene rings is 1. The Hall–Kier alpha value is -0.430. The van der Waals surface area contributed by atoms with E-state index in [-0.39, 0.29) is 10.9 Å². The van der Waals surface area contributed by atoms with Crippen LogP contribution in [0.2, 0.25) is 0 Å². The molecular weight excluding hydrogens is 311 g/mol. The highest BCUT2D eigenvalue weighted by molar-refractivity contribution is 9.10. The summed E-state index contributed by atoms with van der Waals surface area (Å²) in [5, 5.41) is 19.4. The molecule has 0 saturated heterocycles. The van der Waals surface area contributed by atoms with Gasteiger partial charge in [0.15, 0.2) is 5.12 Å². The number of halogens is 2. The monoisotopic (exact) mass is 322 g/mol. The van der Waals surface area contributed by atoms with E-state index in [1.54, 1.807) is 0 Å². The zero-order chi connectivity index (χ0) is 13.0. The number of carbonyl (C=O) groups excluding carboxylic acids is 1. The predicted octanol–water partition coefficient (Wildman–Crippen LogP) is 2.26. The highest BCUT2D eigenvalue weighted by Crippen LogP contribution is 2.27. The molecule has 0 aromatic heterocycles. The van der Waals surface area contributed by atoms with Crippen molar-refractivity contribution in [1.82, 2.24) is 0 Å². The number of aliphatic hydroxyl groups is 2. The van der Waals surface area contributed by atoms with Crippen molar-refractivity contribution >= 4 is 32.8 Å². The van der Waals surface area contributed by atoms with Crippen molar-refractivity contribution in [2.75, 3.05) is 5.75 Å². The summed E-state index contributed by atoms with van der Waals surface area (Å²) in [6, 6.07) is 3.81. The zero-order valence-electron chi connectivity index (χ0n) is 9.06. The second kappa shape index (κ2) is 6.49. The molecule has 0 aliphatic rings. The van der Waals surface area contributed by atoms with Crippen LogP contribution in [0.1, 0.15) is 18.6 Å². The van der Waals surface area contributed by atoms with Crippen molar-refractivity contribution in [2.45, 2.75) is 19.1 Å². The normalized spacial score (nSPS) is 14.4. The molecule has 0 bridgehead atoms. The maximum Gasteiger partial charge on any atom is 0.185 e. The summed E-state index contributed by atoms with van der Waals surface area (Å²) in [6.45, 7) is 1.39. The summed E-state index contributed by atoms with van der Waals surface area (Å²) in [4.78, 5) is 10.7. The van der Waals surface area contributed by atoms with E-state index in [0.29, 0.717) is 10.0 Å². The van der Waals surface area contributed by atoms with E-state index in [1.807, 2.05) is 0 Å². The number of thioether (sulfide) groups is 1. The van der Waals surface area contributed by atoms with Crippen molar-refractivity contribution in [3.8, 4) is 0 Å². The van der Waals surface area contributed by atoms with Gasteiger partial charge in [0.05, 0.1) is 6.10 Å². The fraction of sp³-hybridized carbons (Fsp3) is 0.364. The maximum absolute atomic E-state index is 12.8. The topological polar surface area (TPSA) is 57.5 Å². The lowest BCUT2D eigenvalue weighted by Gasteiger charge is -2.18. The molecule has 0 aliphatic heterocycles. The van der Waals surface area contributed by atoms with Crippen molar-refractivity contribution in [2.24, 2.45) is 0 Å². The molecular formula is C11H12BrFO3S. The molecule has 3 nitrogen and oxygen atoms in total. The first-order valence-corrected chi connectivity index (χ1v) is 6.64. The van der Waals surface area contributed by atoms with Crippen LogP contribution in [0.15, 0.2) is 22.7 Å². The summed E-state index contributed by atoms with van der Waals surface area (Å²) >= 11 is 4.04. The fourth-order valence-electron chi connectivity index (χ4n) is 1.24. The summed E-state index contributed by atoms with van der Waals surface area (Å²) in [5.74, 6) is -0.333. The zero-order valence-corrected chi connectivity index (χ0v) is 11.5. The highest BCUT2D eigenvalue weighted by Gasteiger charge is 2.21. The van der Waals surface area contributed by atoms with Gasteiger partial charge in [0, 0.05) is 17.1 Å². The molecule has 0 saturated carbocycles. The van der Waals surface area contributed by atoms with Crippen LogP contribution in [0.5, 0.6) is 0 Å². The van der Waals surface area contributed by atoms with Crippen LogP contribution in [0, 0.1) is 5.82 Å². The van der Waals surface area contributed by atoms with Gasteiger partial charge in [-0.25, -0.2) is 4.39 Å².